The van der Waals surface area contributed by atoms with Crippen molar-refractivity contribution in [3.63, 3.8) is 0 Å². The summed E-state index contributed by atoms with van der Waals surface area (Å²) in [7, 11) is 9.59. The van der Waals surface area contributed by atoms with Crippen LogP contribution in [0.1, 0.15) is 0 Å². The second-order valence-corrected chi connectivity index (χ2v) is 6.44. The van der Waals surface area contributed by atoms with Crippen molar-refractivity contribution in [2.45, 2.75) is 0 Å². The van der Waals surface area contributed by atoms with Gasteiger partial charge >= 0.3 is 33.3 Å². The van der Waals surface area contributed by atoms with Crippen molar-refractivity contribution in [1.29, 1.82) is 0 Å². The minimum atomic E-state index is 0.00694. The van der Waals surface area contributed by atoms with Crippen molar-refractivity contribution >= 4 is 67.0 Å². The number of imidazole rings is 2. The van der Waals surface area contributed by atoms with Gasteiger partial charge in [0, 0.05) is 0 Å². The summed E-state index contributed by atoms with van der Waals surface area (Å²) in [6.07, 6.45) is 6.23. The molecule has 0 aromatic carbocycles. The van der Waals surface area contributed by atoms with E-state index in [1.54, 1.807) is 12.7 Å². The van der Waals surface area contributed by atoms with Gasteiger partial charge in [-0.15, -0.1) is 0 Å². The van der Waals surface area contributed by atoms with E-state index in [0.717, 1.165) is 22.3 Å². The Morgan fingerprint density at radius 2 is 1.04 bits per heavy atom. The van der Waals surface area contributed by atoms with Crippen molar-refractivity contribution < 1.29 is 13.1 Å². The zero-order valence-electron chi connectivity index (χ0n) is 11.0. The maximum absolute atomic E-state index is 4.91. The Hall–Kier alpha value is -1.36. The molecule has 4 heterocycles. The predicted molar refractivity (Wildman–Crippen MR) is 89.9 cm³/mol. The van der Waals surface area contributed by atoms with Gasteiger partial charge in [-0.1, -0.05) is 24.4 Å². The molecular weight excluding hydrogens is 422 g/mol. The topological polar surface area (TPSA) is 115 Å². The van der Waals surface area contributed by atoms with Crippen LogP contribution in [-0.2, 0) is 13.1 Å². The first kappa shape index (κ1) is 18.0. The zero-order chi connectivity index (χ0) is 16.7. The molecule has 0 aliphatic carbocycles. The number of nitrogens with one attached hydrogen (secondary N) is 4. The van der Waals surface area contributed by atoms with Gasteiger partial charge in [-0.3, -0.25) is 0 Å². The van der Waals surface area contributed by atoms with Crippen LogP contribution in [0.4, 0.5) is 0 Å². The van der Waals surface area contributed by atoms with E-state index < -0.39 is 0 Å². The summed E-state index contributed by atoms with van der Waals surface area (Å²) < 4.78 is 1.09. The van der Waals surface area contributed by atoms with E-state index >= 15 is 0 Å². The number of hydrogen-bond donors (Lipinski definition) is 4. The molecule has 4 N–H and O–H groups in total. The Bertz CT molecular complexity index is 913. The molecule has 0 saturated carbocycles. The summed E-state index contributed by atoms with van der Waals surface area (Å²) in [4.78, 5) is 27.1. The molecular formula is C10H8Cl2MnN8S2. The first-order chi connectivity index (χ1) is 11.2. The molecule has 23 heavy (non-hydrogen) atoms. The average Bonchev–Trinajstić information content (AvgIpc) is 3.18. The minimum absolute atomic E-state index is 0.00694. The second-order valence-electron chi connectivity index (χ2n) is 3.72. The number of rotatable bonds is 0. The number of hydrogen-bond acceptors (Lipinski definition) is 6. The van der Waals surface area contributed by atoms with Gasteiger partial charge in [-0.2, -0.15) is 0 Å². The van der Waals surface area contributed by atoms with Gasteiger partial charge in [0.05, 0.1) is 25.3 Å². The molecule has 13 heteroatoms. The normalized spacial score (nSPS) is 9.83. The molecule has 8 nitrogen and oxygen atoms in total. The molecule has 0 fully saturated rings. The van der Waals surface area contributed by atoms with Gasteiger partial charge in [-0.05, 0) is 0 Å². The molecule has 0 amide bonds. The van der Waals surface area contributed by atoms with Crippen molar-refractivity contribution in [3.8, 4) is 0 Å². The van der Waals surface area contributed by atoms with Crippen LogP contribution in [0.25, 0.3) is 22.3 Å². The van der Waals surface area contributed by atoms with Crippen LogP contribution < -0.4 is 0 Å². The zero-order valence-corrected chi connectivity index (χ0v) is 15.4. The van der Waals surface area contributed by atoms with Gasteiger partial charge in [0.25, 0.3) is 0 Å². The van der Waals surface area contributed by atoms with E-state index in [1.807, 2.05) is 0 Å². The van der Waals surface area contributed by atoms with Gasteiger partial charge in [0.1, 0.15) is 11.0 Å². The number of fused-ring (bicyclic) bond motifs is 2. The number of aromatic amines is 4. The van der Waals surface area contributed by atoms with E-state index in [-0.39, 0.29) is 13.1 Å². The number of H-pyrrole nitrogens is 4. The number of nitrogens with zero attached hydrogens (tertiary/aromatic N) is 4. The van der Waals surface area contributed by atoms with Gasteiger partial charge in [-0.25, -0.2) is 19.9 Å². The Morgan fingerprint density at radius 1 is 0.696 bits per heavy atom. The fourth-order valence-corrected chi connectivity index (χ4v) is 1.98. The van der Waals surface area contributed by atoms with E-state index in [9.17, 15) is 0 Å². The molecule has 0 saturated heterocycles. The molecule has 121 valence electrons. The summed E-state index contributed by atoms with van der Waals surface area (Å²) in [5.41, 5.74) is 3.08. The molecule has 0 aliphatic rings. The van der Waals surface area contributed by atoms with E-state index in [4.69, 9.17) is 44.6 Å². The van der Waals surface area contributed by atoms with Crippen molar-refractivity contribution in [2.24, 2.45) is 0 Å². The Kier molecular flexibility index (Phi) is 7.09. The van der Waals surface area contributed by atoms with Crippen LogP contribution >= 0.6 is 44.6 Å². The van der Waals surface area contributed by atoms with Crippen molar-refractivity contribution in [3.05, 3.63) is 34.6 Å². The number of halogens is 2. The molecule has 0 atom stereocenters. The van der Waals surface area contributed by atoms with Crippen LogP contribution in [0.5, 0.6) is 0 Å². The Balaban J connectivity index is 0.000000143. The van der Waals surface area contributed by atoms with E-state index in [2.05, 4.69) is 39.9 Å². The summed E-state index contributed by atoms with van der Waals surface area (Å²) in [6, 6.07) is 0. The fourth-order valence-electron chi connectivity index (χ4n) is 1.57. The van der Waals surface area contributed by atoms with E-state index in [0.29, 0.717) is 9.28 Å². The molecule has 4 aromatic rings. The monoisotopic (exact) mass is 429 g/mol. The standard InChI is InChI=1S/2C5H4N4S.2ClH.Mn/c2*10-5-3-4(7-1-6-3)8-2-9-5;;;/h2*1-2H,(H2,6,7,8,9,10);2*1H;/q;;;;+2/p-2. The molecule has 0 bridgehead atoms. The second kappa shape index (κ2) is 9.06. The van der Waals surface area contributed by atoms with Gasteiger partial charge < -0.3 is 19.9 Å². The van der Waals surface area contributed by atoms with Crippen LogP contribution in [0, 0.1) is 9.28 Å². The van der Waals surface area contributed by atoms with Gasteiger partial charge in [0.2, 0.25) is 0 Å². The average molecular weight is 430 g/mol. The van der Waals surface area contributed by atoms with Crippen LogP contribution in [0.3, 0.4) is 0 Å². The maximum atomic E-state index is 4.91. The third kappa shape index (κ3) is 4.80. The van der Waals surface area contributed by atoms with Crippen LogP contribution in [0.2, 0.25) is 0 Å². The SMILES string of the molecule is S=c1nc[nH]c2nc[nH]c12.S=c1nc[nH]c2nc[nH]c12.[Cl][Mn][Cl]. The van der Waals surface area contributed by atoms with Crippen molar-refractivity contribution in [2.75, 3.05) is 0 Å². The van der Waals surface area contributed by atoms with Gasteiger partial charge in [0.15, 0.2) is 20.6 Å². The summed E-state index contributed by atoms with van der Waals surface area (Å²) in [5, 5.41) is 0. The molecule has 0 spiro atoms. The summed E-state index contributed by atoms with van der Waals surface area (Å²) >= 11 is 9.82. The third-order valence-corrected chi connectivity index (χ3v) is 3.09. The molecule has 0 unspecified atom stereocenters. The number of aromatic nitrogens is 8. The van der Waals surface area contributed by atoms with Crippen LogP contribution in [-0.4, -0.2) is 39.9 Å². The van der Waals surface area contributed by atoms with Crippen molar-refractivity contribution in [1.82, 2.24) is 39.9 Å². The Morgan fingerprint density at radius 3 is 1.39 bits per heavy atom. The Labute approximate surface area is 154 Å². The predicted octanol–water partition coefficient (Wildman–Crippen LogP) is 3.41. The third-order valence-electron chi connectivity index (χ3n) is 2.47. The molecule has 4 rings (SSSR count). The summed E-state index contributed by atoms with van der Waals surface area (Å²) in [5.74, 6) is 0. The molecule has 4 aromatic heterocycles. The van der Waals surface area contributed by atoms with Crippen LogP contribution in [0.15, 0.2) is 25.3 Å². The fraction of sp³-hybridized carbons (Fsp3) is 0. The first-order valence-electron chi connectivity index (χ1n) is 5.78. The quantitative estimate of drug-likeness (QED) is 0.251. The van der Waals surface area contributed by atoms with E-state index in [1.165, 1.54) is 12.7 Å². The first-order valence-corrected chi connectivity index (χ1v) is 9.84. The summed E-state index contributed by atoms with van der Waals surface area (Å²) in [6.45, 7) is 0. The molecule has 0 radical (unpaired) electrons. The molecule has 0 aliphatic heterocycles.